The lowest BCUT2D eigenvalue weighted by atomic mass is 9.84. The van der Waals surface area contributed by atoms with E-state index >= 15 is 0 Å². The van der Waals surface area contributed by atoms with Crippen LogP contribution in [0.3, 0.4) is 0 Å². The van der Waals surface area contributed by atoms with Gasteiger partial charge in [0.05, 0.1) is 22.6 Å². The number of hydrogen-bond donors (Lipinski definition) is 0. The maximum atomic E-state index is 14.2. The molecule has 0 amide bonds. The lowest BCUT2D eigenvalue weighted by molar-refractivity contribution is -0.141. The van der Waals surface area contributed by atoms with Crippen LogP contribution in [-0.4, -0.2) is 24.7 Å². The van der Waals surface area contributed by atoms with Crippen molar-refractivity contribution in [3.05, 3.63) is 88.2 Å². The van der Waals surface area contributed by atoms with Crippen LogP contribution >= 0.6 is 15.9 Å². The fraction of sp³-hybridized carbons (Fsp3) is 0.182. The Morgan fingerprint density at radius 2 is 1.61 bits per heavy atom. The van der Waals surface area contributed by atoms with Crippen LogP contribution in [0.25, 0.3) is 17.1 Å². The molecule has 0 spiro atoms. The van der Waals surface area contributed by atoms with Gasteiger partial charge in [0, 0.05) is 16.1 Å². The molecule has 0 aliphatic carbocycles. The highest BCUT2D eigenvalue weighted by Gasteiger charge is 2.34. The minimum atomic E-state index is -4.58. The van der Waals surface area contributed by atoms with Gasteiger partial charge in [-0.3, -0.25) is 4.98 Å². The summed E-state index contributed by atoms with van der Waals surface area (Å²) < 4.78 is 67.8. The highest BCUT2D eigenvalue weighted by Crippen LogP contribution is 2.33. The van der Waals surface area contributed by atoms with Crippen molar-refractivity contribution in [1.82, 2.24) is 24.7 Å². The number of aromatic nitrogens is 5. The van der Waals surface area contributed by atoms with E-state index in [9.17, 15) is 22.0 Å². The summed E-state index contributed by atoms with van der Waals surface area (Å²) >= 11 is 3.37. The molecule has 0 radical (unpaired) electrons. The van der Waals surface area contributed by atoms with E-state index in [0.717, 1.165) is 16.8 Å². The van der Waals surface area contributed by atoms with Gasteiger partial charge >= 0.3 is 6.18 Å². The number of pyridine rings is 3. The zero-order chi connectivity index (χ0) is 24.0. The third-order valence-corrected chi connectivity index (χ3v) is 5.47. The van der Waals surface area contributed by atoms with Crippen molar-refractivity contribution >= 4 is 15.9 Å². The zero-order valence-electron chi connectivity index (χ0n) is 17.2. The van der Waals surface area contributed by atoms with Gasteiger partial charge in [-0.15, -0.1) is 0 Å². The summed E-state index contributed by atoms with van der Waals surface area (Å²) in [7, 11) is 0. The minimum Gasteiger partial charge on any atom is -0.252 e. The van der Waals surface area contributed by atoms with E-state index in [-0.39, 0.29) is 17.1 Å². The fourth-order valence-electron chi connectivity index (χ4n) is 3.19. The SMILES string of the molecule is CC(C)(c1cccc(-c2ccc(F)nc2F)n1)c1cc(Br)cc(-n2ccc(C(F)(F)F)n2)n1. The van der Waals surface area contributed by atoms with Crippen LogP contribution in [-0.2, 0) is 11.6 Å². The van der Waals surface area contributed by atoms with Crippen molar-refractivity contribution in [2.75, 3.05) is 0 Å². The van der Waals surface area contributed by atoms with Gasteiger partial charge in [-0.25, -0.2) is 9.67 Å². The summed E-state index contributed by atoms with van der Waals surface area (Å²) in [6.07, 6.45) is -3.40. The normalized spacial score (nSPS) is 12.2. The first-order chi connectivity index (χ1) is 15.4. The molecule has 0 saturated heterocycles. The summed E-state index contributed by atoms with van der Waals surface area (Å²) in [5.41, 5.74) is -0.585. The first kappa shape index (κ1) is 23.0. The average Bonchev–Trinajstić information content (AvgIpc) is 3.24. The molecule has 0 aliphatic rings. The van der Waals surface area contributed by atoms with Crippen LogP contribution in [0.2, 0.25) is 0 Å². The Balaban J connectivity index is 1.76. The van der Waals surface area contributed by atoms with Crippen LogP contribution in [0.5, 0.6) is 0 Å². The van der Waals surface area contributed by atoms with Crippen molar-refractivity contribution < 1.29 is 22.0 Å². The lowest BCUT2D eigenvalue weighted by Gasteiger charge is -2.25. The predicted molar refractivity (Wildman–Crippen MR) is 114 cm³/mol. The van der Waals surface area contributed by atoms with E-state index in [2.05, 4.69) is 36.0 Å². The van der Waals surface area contributed by atoms with Crippen LogP contribution in [0.4, 0.5) is 22.0 Å². The maximum Gasteiger partial charge on any atom is 0.435 e. The van der Waals surface area contributed by atoms with E-state index in [1.165, 1.54) is 18.3 Å². The van der Waals surface area contributed by atoms with E-state index in [4.69, 9.17) is 0 Å². The number of alkyl halides is 3. The maximum absolute atomic E-state index is 14.2. The summed E-state index contributed by atoms with van der Waals surface area (Å²) in [5, 5.41) is 3.57. The summed E-state index contributed by atoms with van der Waals surface area (Å²) in [5.74, 6) is -1.75. The molecule has 0 fully saturated rings. The van der Waals surface area contributed by atoms with Gasteiger partial charge < -0.3 is 0 Å². The third kappa shape index (κ3) is 4.63. The predicted octanol–water partition coefficient (Wildman–Crippen LogP) is 6.11. The molecule has 0 N–H and O–H groups in total. The number of halogens is 6. The monoisotopic (exact) mass is 523 g/mol. The van der Waals surface area contributed by atoms with Gasteiger partial charge in [-0.2, -0.15) is 32.0 Å². The second kappa shape index (κ2) is 8.29. The second-order valence-corrected chi connectivity index (χ2v) is 8.59. The van der Waals surface area contributed by atoms with Gasteiger partial charge in [0.2, 0.25) is 11.9 Å². The molecule has 0 atom stereocenters. The molecule has 170 valence electrons. The third-order valence-electron chi connectivity index (χ3n) is 5.01. The molecule has 5 nitrogen and oxygen atoms in total. The van der Waals surface area contributed by atoms with Gasteiger partial charge in [0.1, 0.15) is 0 Å². The molecule has 4 heterocycles. The van der Waals surface area contributed by atoms with E-state index < -0.39 is 29.2 Å². The fourth-order valence-corrected chi connectivity index (χ4v) is 3.61. The molecular formula is C22H15BrF5N5. The molecule has 11 heteroatoms. The van der Waals surface area contributed by atoms with Crippen LogP contribution < -0.4 is 0 Å². The first-order valence-electron chi connectivity index (χ1n) is 9.56. The van der Waals surface area contributed by atoms with Crippen LogP contribution in [0.15, 0.2) is 59.2 Å². The number of rotatable bonds is 4. The van der Waals surface area contributed by atoms with Gasteiger partial charge in [-0.1, -0.05) is 22.0 Å². The highest BCUT2D eigenvalue weighted by atomic mass is 79.9. The van der Waals surface area contributed by atoms with Crippen LogP contribution in [0, 0.1) is 11.9 Å². The Labute approximate surface area is 193 Å². The van der Waals surface area contributed by atoms with Gasteiger partial charge in [0.15, 0.2) is 11.5 Å². The molecule has 0 aliphatic heterocycles. The topological polar surface area (TPSA) is 56.5 Å². The Morgan fingerprint density at radius 3 is 2.27 bits per heavy atom. The molecule has 0 bridgehead atoms. The molecular weight excluding hydrogens is 509 g/mol. The zero-order valence-corrected chi connectivity index (χ0v) is 18.8. The summed E-state index contributed by atoms with van der Waals surface area (Å²) in [4.78, 5) is 12.2. The Kier molecular flexibility index (Phi) is 5.77. The van der Waals surface area contributed by atoms with Gasteiger partial charge in [-0.05, 0) is 56.3 Å². The van der Waals surface area contributed by atoms with Crippen molar-refractivity contribution in [3.63, 3.8) is 0 Å². The number of hydrogen-bond acceptors (Lipinski definition) is 4. The highest BCUT2D eigenvalue weighted by molar-refractivity contribution is 9.10. The lowest BCUT2D eigenvalue weighted by Crippen LogP contribution is -2.23. The Hall–Kier alpha value is -3.21. The molecule has 0 saturated carbocycles. The van der Waals surface area contributed by atoms with E-state index in [1.54, 1.807) is 24.3 Å². The van der Waals surface area contributed by atoms with E-state index in [0.29, 0.717) is 15.9 Å². The average molecular weight is 524 g/mol. The molecule has 4 rings (SSSR count). The van der Waals surface area contributed by atoms with Crippen molar-refractivity contribution in [1.29, 1.82) is 0 Å². The Morgan fingerprint density at radius 1 is 0.848 bits per heavy atom. The quantitative estimate of drug-likeness (QED) is 0.239. The van der Waals surface area contributed by atoms with Crippen molar-refractivity contribution in [2.24, 2.45) is 0 Å². The van der Waals surface area contributed by atoms with Gasteiger partial charge in [0.25, 0.3) is 0 Å². The standard InChI is InChI=1S/C22H15BrF5N5/c1-21(2,15-5-3-4-14(29-15)13-6-7-18(24)31-20(13)25)17-10-12(23)11-19(30-17)33-9-8-16(32-33)22(26,27)28/h3-11H,1-2H3. The smallest absolute Gasteiger partial charge is 0.252 e. The molecule has 4 aromatic rings. The molecule has 4 aromatic heterocycles. The number of nitrogens with zero attached hydrogens (tertiary/aromatic N) is 5. The van der Waals surface area contributed by atoms with Crippen LogP contribution in [0.1, 0.15) is 30.9 Å². The molecule has 0 aromatic carbocycles. The summed E-state index contributed by atoms with van der Waals surface area (Å²) in [6, 6.07) is 11.4. The molecule has 33 heavy (non-hydrogen) atoms. The van der Waals surface area contributed by atoms with E-state index in [1.807, 2.05) is 13.8 Å². The largest absolute Gasteiger partial charge is 0.435 e. The van der Waals surface area contributed by atoms with Crippen molar-refractivity contribution in [2.45, 2.75) is 25.4 Å². The Bertz CT molecular complexity index is 1330. The molecule has 0 unspecified atom stereocenters. The van der Waals surface area contributed by atoms with Crippen molar-refractivity contribution in [3.8, 4) is 17.1 Å². The summed E-state index contributed by atoms with van der Waals surface area (Å²) in [6.45, 7) is 3.64. The second-order valence-electron chi connectivity index (χ2n) is 7.68. The minimum absolute atomic E-state index is 0.0353. The first-order valence-corrected chi connectivity index (χ1v) is 10.4.